The first-order valence-corrected chi connectivity index (χ1v) is 8.85. The first-order valence-electron chi connectivity index (χ1n) is 8.85. The quantitative estimate of drug-likeness (QED) is 0.474. The highest BCUT2D eigenvalue weighted by molar-refractivity contribution is 5.93. The Morgan fingerprint density at radius 2 is 1.48 bits per heavy atom. The molecule has 2 aromatic heterocycles. The smallest absolute Gasteiger partial charge is 0.257 e. The normalized spacial score (nSPS) is 11.1. The minimum atomic E-state index is 0.595. The summed E-state index contributed by atoms with van der Waals surface area (Å²) in [5.74, 6) is 1.47. The Hall–Kier alpha value is -3.73. The SMILES string of the molecule is c1ccc(CN(c2ccccc2)c2nc3nncn3c3ccccc23)cc1. The van der Waals surface area contributed by atoms with Crippen LogP contribution in [0.5, 0.6) is 0 Å². The second-order valence-electron chi connectivity index (χ2n) is 6.36. The Balaban J connectivity index is 1.75. The summed E-state index contributed by atoms with van der Waals surface area (Å²) >= 11 is 0. The molecule has 0 spiro atoms. The number of rotatable bonds is 4. The molecule has 0 fully saturated rings. The lowest BCUT2D eigenvalue weighted by atomic mass is 10.1. The monoisotopic (exact) mass is 351 g/mol. The van der Waals surface area contributed by atoms with Crippen molar-refractivity contribution in [3.63, 3.8) is 0 Å². The van der Waals surface area contributed by atoms with E-state index in [1.807, 2.05) is 40.8 Å². The molecule has 27 heavy (non-hydrogen) atoms. The summed E-state index contributed by atoms with van der Waals surface area (Å²) in [5, 5.41) is 9.29. The number of benzene rings is 3. The van der Waals surface area contributed by atoms with Gasteiger partial charge in [0.1, 0.15) is 12.1 Å². The van der Waals surface area contributed by atoms with Crippen molar-refractivity contribution in [1.29, 1.82) is 0 Å². The molecule has 5 rings (SSSR count). The zero-order valence-corrected chi connectivity index (χ0v) is 14.6. The predicted molar refractivity (Wildman–Crippen MR) is 107 cm³/mol. The van der Waals surface area contributed by atoms with Crippen molar-refractivity contribution < 1.29 is 0 Å². The highest BCUT2D eigenvalue weighted by atomic mass is 15.3. The van der Waals surface area contributed by atoms with Gasteiger partial charge in [-0.1, -0.05) is 60.7 Å². The molecule has 130 valence electrons. The van der Waals surface area contributed by atoms with Gasteiger partial charge in [0, 0.05) is 17.6 Å². The summed E-state index contributed by atoms with van der Waals surface area (Å²) in [4.78, 5) is 7.08. The molecule has 0 aliphatic rings. The van der Waals surface area contributed by atoms with Gasteiger partial charge in [-0.3, -0.25) is 4.40 Å². The summed E-state index contributed by atoms with van der Waals surface area (Å²) in [6, 6.07) is 29.0. The zero-order valence-electron chi connectivity index (χ0n) is 14.6. The third-order valence-corrected chi connectivity index (χ3v) is 4.65. The molecule has 0 radical (unpaired) electrons. The standard InChI is InChI=1S/C22H17N5/c1-3-9-17(10-4-1)15-26(18-11-5-2-6-12-18)21-19-13-7-8-14-20(19)27-16-23-25-22(27)24-21/h1-14,16H,15H2. The first-order chi connectivity index (χ1) is 13.4. The Labute approximate surface area is 156 Å². The molecule has 0 unspecified atom stereocenters. The van der Waals surface area contributed by atoms with E-state index in [1.165, 1.54) is 5.56 Å². The van der Waals surface area contributed by atoms with E-state index < -0.39 is 0 Å². The fourth-order valence-electron chi connectivity index (χ4n) is 3.37. The highest BCUT2D eigenvalue weighted by Gasteiger charge is 2.17. The van der Waals surface area contributed by atoms with Crippen LogP contribution in [0.3, 0.4) is 0 Å². The number of fused-ring (bicyclic) bond motifs is 3. The molecule has 0 N–H and O–H groups in total. The van der Waals surface area contributed by atoms with Crippen LogP contribution in [0.2, 0.25) is 0 Å². The number of nitrogens with zero attached hydrogens (tertiary/aromatic N) is 5. The molecule has 0 saturated carbocycles. The molecule has 3 aromatic carbocycles. The van der Waals surface area contributed by atoms with Crippen molar-refractivity contribution in [2.24, 2.45) is 0 Å². The van der Waals surface area contributed by atoms with Crippen molar-refractivity contribution in [3.8, 4) is 0 Å². The largest absolute Gasteiger partial charge is 0.321 e. The predicted octanol–water partition coefficient (Wildman–Crippen LogP) is 4.62. The molecule has 0 bridgehead atoms. The van der Waals surface area contributed by atoms with Gasteiger partial charge in [0.2, 0.25) is 0 Å². The number of para-hydroxylation sites is 2. The molecule has 2 heterocycles. The van der Waals surface area contributed by atoms with Crippen molar-refractivity contribution in [2.75, 3.05) is 4.90 Å². The van der Waals surface area contributed by atoms with Crippen molar-refractivity contribution in [1.82, 2.24) is 19.6 Å². The Bertz CT molecular complexity index is 1200. The van der Waals surface area contributed by atoms with Crippen LogP contribution in [0.25, 0.3) is 16.7 Å². The number of aromatic nitrogens is 4. The molecular formula is C22H17N5. The minimum Gasteiger partial charge on any atom is -0.321 e. The third kappa shape index (κ3) is 2.79. The van der Waals surface area contributed by atoms with Crippen LogP contribution in [0, 0.1) is 0 Å². The lowest BCUT2D eigenvalue weighted by molar-refractivity contribution is 0.949. The van der Waals surface area contributed by atoms with Crippen LogP contribution in [-0.2, 0) is 6.54 Å². The summed E-state index contributed by atoms with van der Waals surface area (Å²) in [6.07, 6.45) is 1.71. The van der Waals surface area contributed by atoms with Crippen molar-refractivity contribution >= 4 is 28.2 Å². The topological polar surface area (TPSA) is 46.3 Å². The molecular weight excluding hydrogens is 334 g/mol. The van der Waals surface area contributed by atoms with Gasteiger partial charge in [-0.2, -0.15) is 4.98 Å². The van der Waals surface area contributed by atoms with E-state index in [-0.39, 0.29) is 0 Å². The van der Waals surface area contributed by atoms with E-state index >= 15 is 0 Å². The van der Waals surface area contributed by atoms with Crippen LogP contribution in [0.15, 0.2) is 91.3 Å². The first kappa shape index (κ1) is 15.5. The van der Waals surface area contributed by atoms with E-state index in [0.29, 0.717) is 12.3 Å². The Morgan fingerprint density at radius 1 is 0.778 bits per heavy atom. The summed E-state index contributed by atoms with van der Waals surface area (Å²) in [5.41, 5.74) is 3.34. The maximum atomic E-state index is 4.85. The maximum Gasteiger partial charge on any atom is 0.257 e. The maximum absolute atomic E-state index is 4.85. The van der Waals surface area contributed by atoms with Crippen LogP contribution in [0.4, 0.5) is 11.5 Å². The number of hydrogen-bond donors (Lipinski definition) is 0. The van der Waals surface area contributed by atoms with Crippen LogP contribution in [0.1, 0.15) is 5.56 Å². The lowest BCUT2D eigenvalue weighted by Crippen LogP contribution is -2.18. The molecule has 5 heteroatoms. The van der Waals surface area contributed by atoms with Gasteiger partial charge < -0.3 is 4.90 Å². The molecule has 0 atom stereocenters. The Kier molecular flexibility index (Phi) is 3.76. The van der Waals surface area contributed by atoms with Crippen molar-refractivity contribution in [2.45, 2.75) is 6.54 Å². The van der Waals surface area contributed by atoms with E-state index in [1.54, 1.807) is 6.33 Å². The average molecular weight is 351 g/mol. The summed E-state index contributed by atoms with van der Waals surface area (Å²) in [7, 11) is 0. The van der Waals surface area contributed by atoms with Crippen LogP contribution >= 0.6 is 0 Å². The van der Waals surface area contributed by atoms with Crippen molar-refractivity contribution in [3.05, 3.63) is 96.8 Å². The third-order valence-electron chi connectivity index (χ3n) is 4.65. The lowest BCUT2D eigenvalue weighted by Gasteiger charge is -2.25. The van der Waals surface area contributed by atoms with Gasteiger partial charge in [-0.25, -0.2) is 0 Å². The van der Waals surface area contributed by atoms with Gasteiger partial charge in [0.25, 0.3) is 5.78 Å². The molecule has 0 aliphatic heterocycles. The molecule has 0 saturated heterocycles. The fourth-order valence-corrected chi connectivity index (χ4v) is 3.37. The summed E-state index contributed by atoms with van der Waals surface area (Å²) < 4.78 is 1.92. The fraction of sp³-hybridized carbons (Fsp3) is 0.0455. The van der Waals surface area contributed by atoms with Crippen LogP contribution in [-0.4, -0.2) is 19.6 Å². The van der Waals surface area contributed by atoms with Gasteiger partial charge in [0.05, 0.1) is 5.52 Å². The molecule has 5 aromatic rings. The second-order valence-corrected chi connectivity index (χ2v) is 6.36. The summed E-state index contributed by atoms with van der Waals surface area (Å²) in [6.45, 7) is 0.714. The number of hydrogen-bond acceptors (Lipinski definition) is 4. The number of anilines is 2. The minimum absolute atomic E-state index is 0.595. The molecule has 0 aliphatic carbocycles. The highest BCUT2D eigenvalue weighted by Crippen LogP contribution is 2.32. The molecule has 5 nitrogen and oxygen atoms in total. The molecule has 0 amide bonds. The van der Waals surface area contributed by atoms with E-state index in [2.05, 4.69) is 63.6 Å². The van der Waals surface area contributed by atoms with Gasteiger partial charge in [-0.15, -0.1) is 10.2 Å². The van der Waals surface area contributed by atoms with Gasteiger partial charge >= 0.3 is 0 Å². The van der Waals surface area contributed by atoms with E-state index in [0.717, 1.165) is 22.4 Å². The van der Waals surface area contributed by atoms with E-state index in [4.69, 9.17) is 4.98 Å². The van der Waals surface area contributed by atoms with Gasteiger partial charge in [-0.05, 0) is 29.8 Å². The van der Waals surface area contributed by atoms with Crippen LogP contribution < -0.4 is 4.90 Å². The average Bonchev–Trinajstić information content (AvgIpc) is 3.22. The van der Waals surface area contributed by atoms with Gasteiger partial charge in [0.15, 0.2) is 0 Å². The van der Waals surface area contributed by atoms with E-state index in [9.17, 15) is 0 Å². The zero-order chi connectivity index (χ0) is 18.1. The Morgan fingerprint density at radius 3 is 2.30 bits per heavy atom. The second kappa shape index (κ2) is 6.53.